The molecule has 1 aliphatic heterocycles. The second-order valence-electron chi connectivity index (χ2n) is 4.69. The van der Waals surface area contributed by atoms with E-state index in [1.54, 1.807) is 0 Å². The Kier molecular flexibility index (Phi) is 3.79. The molecular formula is C13H17FN2O2. The molecule has 98 valence electrons. The van der Waals surface area contributed by atoms with Gasteiger partial charge in [0.05, 0.1) is 0 Å². The van der Waals surface area contributed by atoms with Gasteiger partial charge >= 0.3 is 5.97 Å². The third-order valence-corrected chi connectivity index (χ3v) is 3.43. The molecule has 18 heavy (non-hydrogen) atoms. The van der Waals surface area contributed by atoms with Crippen LogP contribution in [0.1, 0.15) is 43.0 Å². The van der Waals surface area contributed by atoms with E-state index < -0.39 is 11.8 Å². The SMILES string of the molecule is CC1CCCCCN1c1nccc(C(=O)O)c1F. The number of hydrogen-bond acceptors (Lipinski definition) is 3. The van der Waals surface area contributed by atoms with Crippen LogP contribution < -0.4 is 4.90 Å². The van der Waals surface area contributed by atoms with Gasteiger partial charge in [-0.15, -0.1) is 0 Å². The summed E-state index contributed by atoms with van der Waals surface area (Å²) in [4.78, 5) is 16.8. The Morgan fingerprint density at radius 2 is 2.28 bits per heavy atom. The predicted molar refractivity (Wildman–Crippen MR) is 66.4 cm³/mol. The molecule has 1 aromatic rings. The fraction of sp³-hybridized carbons (Fsp3) is 0.538. The molecule has 0 aliphatic carbocycles. The van der Waals surface area contributed by atoms with Crippen molar-refractivity contribution in [2.45, 2.75) is 38.6 Å². The van der Waals surface area contributed by atoms with Gasteiger partial charge in [0.2, 0.25) is 0 Å². The van der Waals surface area contributed by atoms with Gasteiger partial charge in [0.1, 0.15) is 5.56 Å². The van der Waals surface area contributed by atoms with E-state index in [0.717, 1.165) is 32.2 Å². The smallest absolute Gasteiger partial charge is 0.338 e. The number of rotatable bonds is 2. The van der Waals surface area contributed by atoms with E-state index >= 15 is 0 Å². The molecule has 1 aliphatic rings. The Morgan fingerprint density at radius 1 is 1.50 bits per heavy atom. The fourth-order valence-corrected chi connectivity index (χ4v) is 2.39. The summed E-state index contributed by atoms with van der Waals surface area (Å²) in [5, 5.41) is 8.92. The van der Waals surface area contributed by atoms with Gasteiger partial charge in [-0.05, 0) is 25.8 Å². The van der Waals surface area contributed by atoms with Crippen molar-refractivity contribution in [3.8, 4) is 0 Å². The van der Waals surface area contributed by atoms with Gasteiger partial charge in [0, 0.05) is 18.8 Å². The number of nitrogens with zero attached hydrogens (tertiary/aromatic N) is 2. The Balaban J connectivity index is 2.37. The Hall–Kier alpha value is -1.65. The number of hydrogen-bond donors (Lipinski definition) is 1. The highest BCUT2D eigenvalue weighted by molar-refractivity contribution is 5.88. The zero-order chi connectivity index (χ0) is 13.1. The summed E-state index contributed by atoms with van der Waals surface area (Å²) in [7, 11) is 0. The number of carboxylic acids is 1. The first-order valence-electron chi connectivity index (χ1n) is 6.25. The van der Waals surface area contributed by atoms with E-state index in [0.29, 0.717) is 0 Å². The van der Waals surface area contributed by atoms with Crippen molar-refractivity contribution < 1.29 is 14.3 Å². The largest absolute Gasteiger partial charge is 0.478 e. The monoisotopic (exact) mass is 252 g/mol. The average Bonchev–Trinajstić information content (AvgIpc) is 2.54. The number of carboxylic acid groups (broad SMARTS) is 1. The molecule has 1 unspecified atom stereocenters. The van der Waals surface area contributed by atoms with Crippen molar-refractivity contribution in [2.24, 2.45) is 0 Å². The molecule has 1 N–H and O–H groups in total. The highest BCUT2D eigenvalue weighted by Gasteiger charge is 2.24. The summed E-state index contributed by atoms with van der Waals surface area (Å²) in [6, 6.07) is 1.39. The van der Waals surface area contributed by atoms with Crippen molar-refractivity contribution in [3.63, 3.8) is 0 Å². The van der Waals surface area contributed by atoms with Gasteiger partial charge in [-0.2, -0.15) is 0 Å². The molecule has 5 heteroatoms. The lowest BCUT2D eigenvalue weighted by atomic mass is 10.1. The van der Waals surface area contributed by atoms with Crippen molar-refractivity contribution in [2.75, 3.05) is 11.4 Å². The number of aromatic carboxylic acids is 1. The third kappa shape index (κ3) is 2.44. The van der Waals surface area contributed by atoms with Crippen LogP contribution in [0.3, 0.4) is 0 Å². The van der Waals surface area contributed by atoms with Crippen LogP contribution in [0, 0.1) is 5.82 Å². The molecule has 0 amide bonds. The number of aromatic nitrogens is 1. The summed E-state index contributed by atoms with van der Waals surface area (Å²) in [5.74, 6) is -1.80. The van der Waals surface area contributed by atoms with Gasteiger partial charge in [-0.1, -0.05) is 12.8 Å². The minimum atomic E-state index is -1.25. The summed E-state index contributed by atoms with van der Waals surface area (Å²) in [6.07, 6.45) is 5.58. The van der Waals surface area contributed by atoms with E-state index in [1.807, 2.05) is 11.8 Å². The second-order valence-corrected chi connectivity index (χ2v) is 4.69. The van der Waals surface area contributed by atoms with Crippen LogP contribution in [-0.4, -0.2) is 28.6 Å². The molecule has 0 radical (unpaired) electrons. The third-order valence-electron chi connectivity index (χ3n) is 3.43. The van der Waals surface area contributed by atoms with Crippen LogP contribution in [0.15, 0.2) is 12.3 Å². The van der Waals surface area contributed by atoms with Crippen molar-refractivity contribution in [1.82, 2.24) is 4.98 Å². The maximum atomic E-state index is 14.1. The van der Waals surface area contributed by atoms with Crippen LogP contribution in [0.5, 0.6) is 0 Å². The number of anilines is 1. The van der Waals surface area contributed by atoms with Gasteiger partial charge < -0.3 is 10.0 Å². The first kappa shape index (κ1) is 12.8. The molecule has 1 fully saturated rings. The zero-order valence-electron chi connectivity index (χ0n) is 10.4. The topological polar surface area (TPSA) is 53.4 Å². The summed E-state index contributed by atoms with van der Waals surface area (Å²) in [6.45, 7) is 2.76. The Labute approximate surface area is 105 Å². The first-order valence-corrected chi connectivity index (χ1v) is 6.25. The predicted octanol–water partition coefficient (Wildman–Crippen LogP) is 2.69. The van der Waals surface area contributed by atoms with Gasteiger partial charge in [0.25, 0.3) is 0 Å². The number of halogens is 1. The van der Waals surface area contributed by atoms with Gasteiger partial charge in [-0.3, -0.25) is 0 Å². The molecule has 0 saturated carbocycles. The number of carbonyl (C=O) groups is 1. The minimum Gasteiger partial charge on any atom is -0.478 e. The molecule has 2 heterocycles. The molecule has 0 spiro atoms. The van der Waals surface area contributed by atoms with Crippen molar-refractivity contribution in [1.29, 1.82) is 0 Å². The lowest BCUT2D eigenvalue weighted by molar-refractivity contribution is 0.0691. The number of pyridine rings is 1. The van der Waals surface area contributed by atoms with Crippen LogP contribution in [-0.2, 0) is 0 Å². The van der Waals surface area contributed by atoms with E-state index in [-0.39, 0.29) is 17.4 Å². The normalized spacial score (nSPS) is 20.6. The maximum Gasteiger partial charge on any atom is 0.338 e. The zero-order valence-corrected chi connectivity index (χ0v) is 10.4. The molecule has 1 atom stereocenters. The van der Waals surface area contributed by atoms with Gasteiger partial charge in [-0.25, -0.2) is 14.2 Å². The molecule has 2 rings (SSSR count). The fourth-order valence-electron chi connectivity index (χ4n) is 2.39. The summed E-state index contributed by atoms with van der Waals surface area (Å²) >= 11 is 0. The molecule has 0 bridgehead atoms. The molecule has 1 saturated heterocycles. The maximum absolute atomic E-state index is 14.1. The van der Waals surface area contributed by atoms with Crippen molar-refractivity contribution in [3.05, 3.63) is 23.6 Å². The van der Waals surface area contributed by atoms with Gasteiger partial charge in [0.15, 0.2) is 11.6 Å². The minimum absolute atomic E-state index is 0.171. The Morgan fingerprint density at radius 3 is 3.00 bits per heavy atom. The van der Waals surface area contributed by atoms with Crippen LogP contribution in [0.2, 0.25) is 0 Å². The second kappa shape index (κ2) is 5.33. The average molecular weight is 252 g/mol. The van der Waals surface area contributed by atoms with E-state index in [2.05, 4.69) is 4.98 Å². The molecule has 4 nitrogen and oxygen atoms in total. The first-order chi connectivity index (χ1) is 8.61. The van der Waals surface area contributed by atoms with Crippen molar-refractivity contribution >= 4 is 11.8 Å². The summed E-state index contributed by atoms with van der Waals surface area (Å²) < 4.78 is 14.1. The van der Waals surface area contributed by atoms with E-state index in [9.17, 15) is 9.18 Å². The van der Waals surface area contributed by atoms with E-state index in [1.165, 1.54) is 12.3 Å². The van der Waals surface area contributed by atoms with Crippen LogP contribution in [0.25, 0.3) is 0 Å². The lowest BCUT2D eigenvalue weighted by Crippen LogP contribution is -2.34. The molecular weight excluding hydrogens is 235 g/mol. The highest BCUT2D eigenvalue weighted by Crippen LogP contribution is 2.26. The Bertz CT molecular complexity index is 451. The summed E-state index contributed by atoms with van der Waals surface area (Å²) in [5.41, 5.74) is -0.309. The van der Waals surface area contributed by atoms with Crippen LogP contribution >= 0.6 is 0 Å². The molecule has 0 aromatic carbocycles. The quantitative estimate of drug-likeness (QED) is 0.879. The lowest BCUT2D eigenvalue weighted by Gasteiger charge is -2.28. The van der Waals surface area contributed by atoms with E-state index in [4.69, 9.17) is 5.11 Å². The van der Waals surface area contributed by atoms with Crippen LogP contribution in [0.4, 0.5) is 10.2 Å². The standard InChI is InChI=1S/C13H17FN2O2/c1-9-5-3-2-4-8-16(9)12-11(14)10(13(17)18)6-7-15-12/h6-7,9H,2-5,8H2,1H3,(H,17,18). The highest BCUT2D eigenvalue weighted by atomic mass is 19.1. The molecule has 1 aromatic heterocycles.